The third-order valence-corrected chi connectivity index (χ3v) is 4.49. The van der Waals surface area contributed by atoms with Crippen molar-refractivity contribution in [3.63, 3.8) is 0 Å². The second-order valence-corrected chi connectivity index (χ2v) is 5.99. The summed E-state index contributed by atoms with van der Waals surface area (Å²) in [6.07, 6.45) is 8.03. The van der Waals surface area contributed by atoms with E-state index in [4.69, 9.17) is 4.42 Å². The highest BCUT2D eigenvalue weighted by atomic mass is 35.5. The smallest absolute Gasteiger partial charge is 0.246 e. The average Bonchev–Trinajstić information content (AvgIpc) is 3.01. The molecule has 2 saturated heterocycles. The molecule has 1 amide bonds. The van der Waals surface area contributed by atoms with E-state index in [0.717, 1.165) is 24.4 Å². The van der Waals surface area contributed by atoms with E-state index in [-0.39, 0.29) is 18.3 Å². The van der Waals surface area contributed by atoms with Crippen LogP contribution in [0.3, 0.4) is 0 Å². The van der Waals surface area contributed by atoms with Crippen molar-refractivity contribution in [1.82, 2.24) is 10.2 Å². The van der Waals surface area contributed by atoms with Crippen LogP contribution in [0.25, 0.3) is 6.08 Å². The number of hydrogen-bond acceptors (Lipinski definition) is 3. The van der Waals surface area contributed by atoms with Crippen LogP contribution in [0.4, 0.5) is 0 Å². The maximum Gasteiger partial charge on any atom is 0.246 e. The van der Waals surface area contributed by atoms with Gasteiger partial charge in [0.2, 0.25) is 5.91 Å². The zero-order valence-electron chi connectivity index (χ0n) is 12.5. The van der Waals surface area contributed by atoms with Crippen LogP contribution >= 0.6 is 12.4 Å². The first kappa shape index (κ1) is 16.1. The van der Waals surface area contributed by atoms with Crippen LogP contribution in [0.1, 0.15) is 37.2 Å². The molecule has 2 unspecified atom stereocenters. The average molecular weight is 311 g/mol. The zero-order chi connectivity index (χ0) is 14.1. The third-order valence-electron chi connectivity index (χ3n) is 4.49. The molecule has 1 N–H and O–H groups in total. The van der Waals surface area contributed by atoms with Gasteiger partial charge in [0.05, 0.1) is 0 Å². The van der Waals surface area contributed by atoms with E-state index in [9.17, 15) is 4.79 Å². The van der Waals surface area contributed by atoms with Crippen molar-refractivity contribution in [1.29, 1.82) is 0 Å². The third kappa shape index (κ3) is 3.69. The highest BCUT2D eigenvalue weighted by Crippen LogP contribution is 2.29. The second kappa shape index (κ2) is 6.67. The van der Waals surface area contributed by atoms with Crippen LogP contribution in [-0.2, 0) is 4.79 Å². The lowest BCUT2D eigenvalue weighted by molar-refractivity contribution is -0.127. The van der Waals surface area contributed by atoms with Gasteiger partial charge >= 0.3 is 0 Å². The molecule has 2 fully saturated rings. The minimum Gasteiger partial charge on any atom is -0.462 e. The van der Waals surface area contributed by atoms with E-state index in [0.29, 0.717) is 18.1 Å². The number of rotatable bonds is 3. The highest BCUT2D eigenvalue weighted by Gasteiger charge is 2.35. The Kier molecular flexibility index (Phi) is 5.12. The first-order valence-electron chi connectivity index (χ1n) is 7.39. The normalized spacial score (nSPS) is 27.6. The standard InChI is InChI=1S/C16H22N2O2.ClH/c1-11-3-6-15(20-11)7-8-16(19)18(2)14-9-12-4-5-13(10-14)17-12;/h3,6-8,12-14,17H,4-5,9-10H2,1-2H3;1H/b8-7+;. The number of nitrogens with zero attached hydrogens (tertiary/aromatic N) is 1. The Morgan fingerprint density at radius 1 is 1.33 bits per heavy atom. The Morgan fingerprint density at radius 3 is 2.57 bits per heavy atom. The number of carbonyl (C=O) groups is 1. The van der Waals surface area contributed by atoms with Crippen LogP contribution < -0.4 is 5.32 Å². The molecule has 0 spiro atoms. The topological polar surface area (TPSA) is 45.5 Å². The van der Waals surface area contributed by atoms with E-state index in [1.807, 2.05) is 31.0 Å². The fourth-order valence-electron chi connectivity index (χ4n) is 3.34. The van der Waals surface area contributed by atoms with E-state index < -0.39 is 0 Å². The molecule has 4 nitrogen and oxygen atoms in total. The number of halogens is 1. The number of furan rings is 1. The Morgan fingerprint density at radius 2 is 2.00 bits per heavy atom. The summed E-state index contributed by atoms with van der Waals surface area (Å²) in [4.78, 5) is 14.1. The lowest BCUT2D eigenvalue weighted by atomic mass is 9.98. The van der Waals surface area contributed by atoms with Gasteiger partial charge in [0, 0.05) is 31.2 Å². The molecule has 2 bridgehead atoms. The van der Waals surface area contributed by atoms with Crippen LogP contribution in [0.15, 0.2) is 22.6 Å². The Bertz CT molecular complexity index is 514. The molecular formula is C16H23ClN2O2. The number of carbonyl (C=O) groups excluding carboxylic acids is 1. The zero-order valence-corrected chi connectivity index (χ0v) is 13.4. The molecule has 1 aromatic rings. The van der Waals surface area contributed by atoms with Crippen molar-refractivity contribution in [2.75, 3.05) is 7.05 Å². The molecule has 116 valence electrons. The fourth-order valence-corrected chi connectivity index (χ4v) is 3.34. The summed E-state index contributed by atoms with van der Waals surface area (Å²) in [6, 6.07) is 5.35. The van der Waals surface area contributed by atoms with Gasteiger partial charge in [0.25, 0.3) is 0 Å². The number of nitrogens with one attached hydrogen (secondary N) is 1. The Hall–Kier alpha value is -1.26. The molecule has 0 saturated carbocycles. The predicted octanol–water partition coefficient (Wildman–Crippen LogP) is 2.76. The van der Waals surface area contributed by atoms with Gasteiger partial charge in [-0.25, -0.2) is 0 Å². The van der Waals surface area contributed by atoms with Gasteiger partial charge < -0.3 is 14.6 Å². The summed E-state index contributed by atoms with van der Waals surface area (Å²) in [5, 5.41) is 3.60. The Balaban J connectivity index is 0.00000161. The molecule has 21 heavy (non-hydrogen) atoms. The van der Waals surface area contributed by atoms with Gasteiger partial charge in [-0.1, -0.05) is 0 Å². The van der Waals surface area contributed by atoms with Gasteiger partial charge in [-0.3, -0.25) is 4.79 Å². The molecule has 0 radical (unpaired) electrons. The SMILES string of the molecule is Cc1ccc(/C=C/C(=O)N(C)C2CC3CCC(C2)N3)o1.Cl. The summed E-state index contributed by atoms with van der Waals surface area (Å²) in [5.74, 6) is 1.65. The van der Waals surface area contributed by atoms with Gasteiger partial charge in [-0.2, -0.15) is 0 Å². The first-order valence-corrected chi connectivity index (χ1v) is 7.39. The quantitative estimate of drug-likeness (QED) is 0.873. The minimum atomic E-state index is 0. The number of amides is 1. The van der Waals surface area contributed by atoms with Gasteiger partial charge in [-0.15, -0.1) is 12.4 Å². The molecule has 5 heteroatoms. The number of likely N-dealkylation sites (N-methyl/N-ethyl adjacent to an activating group) is 1. The molecule has 2 aliphatic heterocycles. The van der Waals surface area contributed by atoms with Crippen LogP contribution in [0, 0.1) is 6.92 Å². The van der Waals surface area contributed by atoms with Crippen LogP contribution in [0.5, 0.6) is 0 Å². The maximum atomic E-state index is 12.2. The number of piperidine rings is 1. The molecule has 2 atom stereocenters. The van der Waals surface area contributed by atoms with E-state index >= 15 is 0 Å². The van der Waals surface area contributed by atoms with E-state index in [2.05, 4.69) is 5.32 Å². The summed E-state index contributed by atoms with van der Waals surface area (Å²) in [5.41, 5.74) is 0. The molecule has 0 aromatic carbocycles. The van der Waals surface area contributed by atoms with Gasteiger partial charge in [0.1, 0.15) is 11.5 Å². The molecule has 1 aromatic heterocycles. The van der Waals surface area contributed by atoms with Crippen molar-refractivity contribution in [2.24, 2.45) is 0 Å². The summed E-state index contributed by atoms with van der Waals surface area (Å²) in [6.45, 7) is 1.90. The monoisotopic (exact) mass is 310 g/mol. The minimum absolute atomic E-state index is 0. The highest BCUT2D eigenvalue weighted by molar-refractivity contribution is 5.91. The molecular weight excluding hydrogens is 288 g/mol. The number of fused-ring (bicyclic) bond motifs is 2. The van der Waals surface area contributed by atoms with E-state index in [1.165, 1.54) is 12.8 Å². The summed E-state index contributed by atoms with van der Waals surface area (Å²) < 4.78 is 5.44. The van der Waals surface area contributed by atoms with Crippen LogP contribution in [0.2, 0.25) is 0 Å². The molecule has 3 rings (SSSR count). The van der Waals surface area contributed by atoms with Crippen molar-refractivity contribution < 1.29 is 9.21 Å². The number of hydrogen-bond donors (Lipinski definition) is 1. The summed E-state index contributed by atoms with van der Waals surface area (Å²) >= 11 is 0. The molecule has 2 aliphatic rings. The van der Waals surface area contributed by atoms with Crippen LogP contribution in [-0.4, -0.2) is 36.0 Å². The number of aryl methyl sites for hydroxylation is 1. The van der Waals surface area contributed by atoms with Crippen molar-refractivity contribution in [3.05, 3.63) is 29.7 Å². The Labute approximate surface area is 132 Å². The lowest BCUT2D eigenvalue weighted by Crippen LogP contribution is -2.48. The molecule has 3 heterocycles. The van der Waals surface area contributed by atoms with Gasteiger partial charge in [-0.05, 0) is 50.8 Å². The summed E-state index contributed by atoms with van der Waals surface area (Å²) in [7, 11) is 1.91. The largest absolute Gasteiger partial charge is 0.462 e. The fraction of sp³-hybridized carbons (Fsp3) is 0.562. The predicted molar refractivity (Wildman–Crippen MR) is 85.5 cm³/mol. The molecule has 0 aliphatic carbocycles. The lowest BCUT2D eigenvalue weighted by Gasteiger charge is -2.35. The second-order valence-electron chi connectivity index (χ2n) is 5.99. The van der Waals surface area contributed by atoms with E-state index in [1.54, 1.807) is 12.2 Å². The van der Waals surface area contributed by atoms with Crippen molar-refractivity contribution in [3.8, 4) is 0 Å². The van der Waals surface area contributed by atoms with Gasteiger partial charge in [0.15, 0.2) is 0 Å². The van der Waals surface area contributed by atoms with Crippen molar-refractivity contribution in [2.45, 2.75) is 50.7 Å². The van der Waals surface area contributed by atoms with Crippen molar-refractivity contribution >= 4 is 24.4 Å². The maximum absolute atomic E-state index is 12.2. The first-order chi connectivity index (χ1) is 9.61.